The molecule has 0 radical (unpaired) electrons. The number of carbonyl (C=O) groups is 3. The highest BCUT2D eigenvalue weighted by Crippen LogP contribution is 2.15. The highest BCUT2D eigenvalue weighted by Gasteiger charge is 2.31. The topological polar surface area (TPSA) is 150 Å². The highest BCUT2D eigenvalue weighted by molar-refractivity contribution is 5.91. The number of hydrogen-bond donors (Lipinski definition) is 4. The lowest BCUT2D eigenvalue weighted by Gasteiger charge is -2.25. The van der Waals surface area contributed by atoms with Crippen LogP contribution in [0, 0.1) is 5.92 Å². The maximum Gasteiger partial charge on any atom is 0.329 e. The third kappa shape index (κ3) is 6.26. The van der Waals surface area contributed by atoms with E-state index in [2.05, 4.69) is 15.6 Å². The third-order valence-electron chi connectivity index (χ3n) is 5.79. The maximum absolute atomic E-state index is 13.6. The van der Waals surface area contributed by atoms with Crippen LogP contribution in [0.2, 0.25) is 0 Å². The summed E-state index contributed by atoms with van der Waals surface area (Å²) in [5, 5.41) is 14.4. The number of nitrogens with zero attached hydrogens (tertiary/aromatic N) is 1. The van der Waals surface area contributed by atoms with E-state index in [-0.39, 0.29) is 24.1 Å². The smallest absolute Gasteiger partial charge is 0.329 e. The van der Waals surface area contributed by atoms with Crippen LogP contribution < -0.4 is 21.9 Å². The average molecular weight is 495 g/mol. The second-order valence-electron chi connectivity index (χ2n) is 9.12. The normalized spacial score (nSPS) is 13.7. The molecule has 0 fully saturated rings. The van der Waals surface area contributed by atoms with Gasteiger partial charge in [-0.2, -0.15) is 0 Å². The van der Waals surface area contributed by atoms with Crippen LogP contribution in [0.15, 0.2) is 64.2 Å². The molecule has 0 aliphatic heterocycles. The van der Waals surface area contributed by atoms with Crippen molar-refractivity contribution in [3.05, 3.63) is 81.0 Å². The lowest BCUT2D eigenvalue weighted by Crippen LogP contribution is -2.54. The van der Waals surface area contributed by atoms with Crippen molar-refractivity contribution in [3.8, 4) is 0 Å². The van der Waals surface area contributed by atoms with Gasteiger partial charge in [-0.3, -0.25) is 19.2 Å². The Morgan fingerprint density at radius 2 is 1.56 bits per heavy atom. The molecule has 0 aliphatic carbocycles. The number of aliphatic carboxylic acids is 1. The monoisotopic (exact) mass is 494 g/mol. The van der Waals surface area contributed by atoms with Gasteiger partial charge in [-0.05, 0) is 37.0 Å². The van der Waals surface area contributed by atoms with Gasteiger partial charge >= 0.3 is 11.7 Å². The van der Waals surface area contributed by atoms with Gasteiger partial charge in [0.1, 0.15) is 18.1 Å². The summed E-state index contributed by atoms with van der Waals surface area (Å²) >= 11 is 0. The first-order valence-corrected chi connectivity index (χ1v) is 11.7. The highest BCUT2D eigenvalue weighted by atomic mass is 16.4. The number of carboxylic acid groups (broad SMARTS) is 1. The van der Waals surface area contributed by atoms with Crippen molar-refractivity contribution in [3.63, 3.8) is 0 Å². The standard InChI is InChI=1S/C26H30N4O6/c1-15(2)13-20(22(31)27-16(3)25(34)35)28-23(32)21(14-17-9-5-4-6-10-17)30-24(33)18-11-7-8-12-19(18)29-26(30)36/h4-12,15-16,20-21H,13-14H2,1-3H3,(H,27,31)(H,28,32)(H,29,36)(H,34,35). The molecule has 3 rings (SSSR count). The summed E-state index contributed by atoms with van der Waals surface area (Å²) in [6.07, 6.45) is 0.250. The number of para-hydroxylation sites is 1. The number of hydrogen-bond acceptors (Lipinski definition) is 5. The largest absolute Gasteiger partial charge is 0.480 e. The van der Waals surface area contributed by atoms with Crippen LogP contribution >= 0.6 is 0 Å². The first-order chi connectivity index (χ1) is 17.1. The summed E-state index contributed by atoms with van der Waals surface area (Å²) in [6.45, 7) is 5.03. The van der Waals surface area contributed by atoms with E-state index in [9.17, 15) is 24.0 Å². The van der Waals surface area contributed by atoms with Gasteiger partial charge in [0.2, 0.25) is 11.8 Å². The first kappa shape index (κ1) is 26.4. The van der Waals surface area contributed by atoms with Gasteiger partial charge in [0.25, 0.3) is 5.56 Å². The number of carbonyl (C=O) groups excluding carboxylic acids is 2. The van der Waals surface area contributed by atoms with E-state index in [1.807, 2.05) is 13.8 Å². The van der Waals surface area contributed by atoms with Crippen molar-refractivity contribution in [2.24, 2.45) is 5.92 Å². The molecule has 4 N–H and O–H groups in total. The number of benzene rings is 2. The zero-order chi connectivity index (χ0) is 26.4. The van der Waals surface area contributed by atoms with Gasteiger partial charge in [-0.25, -0.2) is 9.36 Å². The van der Waals surface area contributed by atoms with E-state index in [4.69, 9.17) is 5.11 Å². The van der Waals surface area contributed by atoms with E-state index in [1.165, 1.54) is 6.92 Å². The molecule has 0 bridgehead atoms. The Balaban J connectivity index is 2.03. The predicted octanol–water partition coefficient (Wildman–Crippen LogP) is 1.59. The zero-order valence-corrected chi connectivity index (χ0v) is 20.4. The Morgan fingerprint density at radius 1 is 0.917 bits per heavy atom. The molecule has 0 saturated carbocycles. The summed E-state index contributed by atoms with van der Waals surface area (Å²) in [5.41, 5.74) is -0.322. The number of nitrogens with one attached hydrogen (secondary N) is 3. The number of H-pyrrole nitrogens is 1. The summed E-state index contributed by atoms with van der Waals surface area (Å²) in [6, 6.07) is 11.9. The Labute approximate surface area is 207 Å². The molecule has 10 nitrogen and oxygen atoms in total. The molecule has 190 valence electrons. The molecular weight excluding hydrogens is 464 g/mol. The fourth-order valence-corrected chi connectivity index (χ4v) is 3.94. The molecule has 2 aromatic carbocycles. The van der Waals surface area contributed by atoms with Gasteiger partial charge in [0.15, 0.2) is 0 Å². The molecule has 1 heterocycles. The molecule has 2 amide bonds. The number of aromatic nitrogens is 2. The Morgan fingerprint density at radius 3 is 2.19 bits per heavy atom. The molecular formula is C26H30N4O6. The third-order valence-corrected chi connectivity index (χ3v) is 5.79. The van der Waals surface area contributed by atoms with Gasteiger partial charge in [0.05, 0.1) is 10.9 Å². The van der Waals surface area contributed by atoms with Crippen LogP contribution in [-0.4, -0.2) is 44.5 Å². The van der Waals surface area contributed by atoms with Gasteiger partial charge in [-0.15, -0.1) is 0 Å². The fraction of sp³-hybridized carbons (Fsp3) is 0.346. The van der Waals surface area contributed by atoms with Crippen LogP contribution in [0.4, 0.5) is 0 Å². The maximum atomic E-state index is 13.6. The van der Waals surface area contributed by atoms with Crippen molar-refractivity contribution in [2.75, 3.05) is 0 Å². The zero-order valence-electron chi connectivity index (χ0n) is 20.4. The van der Waals surface area contributed by atoms with Crippen molar-refractivity contribution in [2.45, 2.75) is 51.7 Å². The average Bonchev–Trinajstić information content (AvgIpc) is 2.83. The Kier molecular flexibility index (Phi) is 8.42. The van der Waals surface area contributed by atoms with E-state index >= 15 is 0 Å². The first-order valence-electron chi connectivity index (χ1n) is 11.7. The molecule has 3 unspecified atom stereocenters. The van der Waals surface area contributed by atoms with E-state index in [0.717, 1.165) is 4.57 Å². The van der Waals surface area contributed by atoms with Crippen molar-refractivity contribution in [1.82, 2.24) is 20.2 Å². The van der Waals surface area contributed by atoms with Gasteiger partial charge < -0.3 is 20.7 Å². The number of rotatable bonds is 10. The molecule has 3 atom stereocenters. The fourth-order valence-electron chi connectivity index (χ4n) is 3.94. The van der Waals surface area contributed by atoms with Crippen LogP contribution in [0.3, 0.4) is 0 Å². The molecule has 0 spiro atoms. The Hall–Kier alpha value is -4.21. The lowest BCUT2D eigenvalue weighted by atomic mass is 10.0. The van der Waals surface area contributed by atoms with Crippen LogP contribution in [-0.2, 0) is 20.8 Å². The second-order valence-corrected chi connectivity index (χ2v) is 9.12. The number of aromatic amines is 1. The van der Waals surface area contributed by atoms with Crippen molar-refractivity contribution in [1.29, 1.82) is 0 Å². The van der Waals surface area contributed by atoms with Crippen molar-refractivity contribution < 1.29 is 19.5 Å². The molecule has 0 aliphatic rings. The lowest BCUT2D eigenvalue weighted by molar-refractivity contribution is -0.141. The van der Waals surface area contributed by atoms with Crippen LogP contribution in [0.25, 0.3) is 10.9 Å². The summed E-state index contributed by atoms with van der Waals surface area (Å²) in [4.78, 5) is 66.6. The molecule has 1 aromatic heterocycles. The SMILES string of the molecule is CC(C)CC(NC(=O)C(Cc1ccccc1)n1c(=O)[nH]c2ccccc2c1=O)C(=O)NC(C)C(=O)O. The quantitative estimate of drug-likeness (QED) is 0.336. The van der Waals surface area contributed by atoms with Crippen molar-refractivity contribution >= 4 is 28.7 Å². The molecule has 10 heteroatoms. The summed E-state index contributed by atoms with van der Waals surface area (Å²) < 4.78 is 0.870. The van der Waals surface area contributed by atoms with Gasteiger partial charge in [0, 0.05) is 6.42 Å². The van der Waals surface area contributed by atoms with Crippen LogP contribution in [0.5, 0.6) is 0 Å². The minimum atomic E-state index is -1.26. The minimum absolute atomic E-state index is 0.0134. The number of amides is 2. The van der Waals surface area contributed by atoms with Gasteiger partial charge in [-0.1, -0.05) is 56.3 Å². The van der Waals surface area contributed by atoms with E-state index in [1.54, 1.807) is 54.6 Å². The van der Waals surface area contributed by atoms with E-state index < -0.39 is 47.2 Å². The summed E-state index contributed by atoms with van der Waals surface area (Å²) in [7, 11) is 0. The number of carboxylic acids is 1. The molecule has 36 heavy (non-hydrogen) atoms. The molecule has 0 saturated heterocycles. The predicted molar refractivity (Wildman–Crippen MR) is 135 cm³/mol. The molecule has 3 aromatic rings. The second kappa shape index (κ2) is 11.5. The van der Waals surface area contributed by atoms with E-state index in [0.29, 0.717) is 11.1 Å². The summed E-state index contributed by atoms with van der Waals surface area (Å²) in [5.74, 6) is -2.59. The van der Waals surface area contributed by atoms with Crippen LogP contribution in [0.1, 0.15) is 38.8 Å². The minimum Gasteiger partial charge on any atom is -0.480 e. The number of fused-ring (bicyclic) bond motifs is 1. The Bertz CT molecular complexity index is 1360.